The van der Waals surface area contributed by atoms with Crippen molar-refractivity contribution in [1.29, 1.82) is 0 Å². The summed E-state index contributed by atoms with van der Waals surface area (Å²) in [6.45, 7) is 3.50. The highest BCUT2D eigenvalue weighted by Gasteiger charge is 2.23. The van der Waals surface area contributed by atoms with Gasteiger partial charge in [-0.25, -0.2) is 9.79 Å². The van der Waals surface area contributed by atoms with Crippen molar-refractivity contribution in [1.82, 2.24) is 15.5 Å². The number of rotatable bonds is 5. The zero-order valence-corrected chi connectivity index (χ0v) is 15.1. The first kappa shape index (κ1) is 19.3. The summed E-state index contributed by atoms with van der Waals surface area (Å²) >= 11 is 0. The van der Waals surface area contributed by atoms with Crippen molar-refractivity contribution in [2.24, 2.45) is 10.7 Å². The number of nitrogens with two attached hydrogens (primary N) is 1. The number of nitrogens with zero attached hydrogens (tertiary/aromatic N) is 2. The minimum Gasteiger partial charge on any atom is -0.450 e. The molecular formula is C17H31N5O3. The van der Waals surface area contributed by atoms with Gasteiger partial charge in [-0.2, -0.15) is 0 Å². The van der Waals surface area contributed by atoms with Crippen molar-refractivity contribution < 1.29 is 14.3 Å². The van der Waals surface area contributed by atoms with E-state index in [1.807, 2.05) is 0 Å². The molecule has 2 fully saturated rings. The van der Waals surface area contributed by atoms with Crippen LogP contribution in [0.1, 0.15) is 51.9 Å². The van der Waals surface area contributed by atoms with Gasteiger partial charge in [0.15, 0.2) is 5.96 Å². The van der Waals surface area contributed by atoms with E-state index in [4.69, 9.17) is 10.5 Å². The maximum absolute atomic E-state index is 11.9. The van der Waals surface area contributed by atoms with Gasteiger partial charge in [0.05, 0.1) is 6.61 Å². The quantitative estimate of drug-likeness (QED) is 0.504. The van der Waals surface area contributed by atoms with E-state index in [0.29, 0.717) is 19.7 Å². The van der Waals surface area contributed by atoms with E-state index in [-0.39, 0.29) is 36.6 Å². The number of likely N-dealkylation sites (tertiary alicyclic amines) is 1. The topological polar surface area (TPSA) is 109 Å². The summed E-state index contributed by atoms with van der Waals surface area (Å²) in [6, 6.07) is 0.452. The minimum absolute atomic E-state index is 0.0526. The van der Waals surface area contributed by atoms with Gasteiger partial charge < -0.3 is 26.0 Å². The van der Waals surface area contributed by atoms with Gasteiger partial charge in [0, 0.05) is 25.2 Å². The Morgan fingerprint density at radius 2 is 1.72 bits per heavy atom. The third-order valence-corrected chi connectivity index (χ3v) is 4.74. The Hall–Kier alpha value is -1.99. The van der Waals surface area contributed by atoms with E-state index in [1.54, 1.807) is 11.8 Å². The van der Waals surface area contributed by atoms with Crippen LogP contribution in [0.15, 0.2) is 4.99 Å². The first-order valence-corrected chi connectivity index (χ1v) is 9.36. The van der Waals surface area contributed by atoms with E-state index < -0.39 is 0 Å². The molecule has 0 aromatic rings. The molecular weight excluding hydrogens is 322 g/mol. The predicted octanol–water partition coefficient (Wildman–Crippen LogP) is 0.961. The molecule has 0 radical (unpaired) electrons. The monoisotopic (exact) mass is 353 g/mol. The molecule has 2 rings (SSSR count). The molecule has 0 unspecified atom stereocenters. The highest BCUT2D eigenvalue weighted by atomic mass is 16.6. The third-order valence-electron chi connectivity index (χ3n) is 4.74. The number of carbonyl (C=O) groups is 2. The molecule has 0 aromatic carbocycles. The molecule has 25 heavy (non-hydrogen) atoms. The number of carbonyl (C=O) groups excluding carboxylic acids is 2. The predicted molar refractivity (Wildman–Crippen MR) is 96.3 cm³/mol. The maximum atomic E-state index is 11.9. The van der Waals surface area contributed by atoms with Crippen molar-refractivity contribution >= 4 is 18.0 Å². The largest absolute Gasteiger partial charge is 0.450 e. The van der Waals surface area contributed by atoms with Gasteiger partial charge in [0.25, 0.3) is 0 Å². The lowest BCUT2D eigenvalue weighted by molar-refractivity contribution is -0.120. The summed E-state index contributed by atoms with van der Waals surface area (Å²) in [4.78, 5) is 29.4. The molecule has 1 saturated carbocycles. The fourth-order valence-corrected chi connectivity index (χ4v) is 3.35. The summed E-state index contributed by atoms with van der Waals surface area (Å²) in [5, 5.41) is 6.16. The molecule has 1 saturated heterocycles. The Balaban J connectivity index is 1.65. The molecule has 8 nitrogen and oxygen atoms in total. The molecule has 142 valence electrons. The molecule has 2 aliphatic rings. The Morgan fingerprint density at radius 1 is 1.08 bits per heavy atom. The van der Waals surface area contributed by atoms with Crippen LogP contribution in [0.3, 0.4) is 0 Å². The Kier molecular flexibility index (Phi) is 7.81. The van der Waals surface area contributed by atoms with Crippen molar-refractivity contribution in [3.8, 4) is 0 Å². The molecule has 4 N–H and O–H groups in total. The Labute approximate surface area is 149 Å². The fourth-order valence-electron chi connectivity index (χ4n) is 3.35. The number of hydrogen-bond donors (Lipinski definition) is 3. The molecule has 2 amide bonds. The van der Waals surface area contributed by atoms with E-state index in [1.165, 1.54) is 19.3 Å². The molecule has 0 atom stereocenters. The minimum atomic E-state index is -0.262. The van der Waals surface area contributed by atoms with E-state index in [2.05, 4.69) is 15.6 Å². The van der Waals surface area contributed by atoms with Gasteiger partial charge in [-0.3, -0.25) is 4.79 Å². The number of amides is 2. The second kappa shape index (κ2) is 10.1. The number of guanidine groups is 1. The first-order chi connectivity index (χ1) is 12.1. The molecule has 8 heteroatoms. The maximum Gasteiger partial charge on any atom is 0.409 e. The first-order valence-electron chi connectivity index (χ1n) is 9.36. The third kappa shape index (κ3) is 6.80. The smallest absolute Gasteiger partial charge is 0.409 e. The molecule has 1 heterocycles. The van der Waals surface area contributed by atoms with E-state index >= 15 is 0 Å². The Morgan fingerprint density at radius 3 is 2.36 bits per heavy atom. The van der Waals surface area contributed by atoms with Gasteiger partial charge in [-0.15, -0.1) is 0 Å². The zero-order chi connectivity index (χ0) is 18.1. The summed E-state index contributed by atoms with van der Waals surface area (Å²) in [5.41, 5.74) is 5.88. The highest BCUT2D eigenvalue weighted by Crippen LogP contribution is 2.17. The van der Waals surface area contributed by atoms with Crippen LogP contribution < -0.4 is 16.4 Å². The number of aliphatic imine (C=N–C) groups is 1. The molecule has 0 aromatic heterocycles. The van der Waals surface area contributed by atoms with Gasteiger partial charge in [0.2, 0.25) is 5.91 Å². The van der Waals surface area contributed by atoms with Crippen LogP contribution in [0.25, 0.3) is 0 Å². The second-order valence-electron chi connectivity index (χ2n) is 6.71. The fraction of sp³-hybridized carbons (Fsp3) is 0.824. The number of hydrogen-bond acceptors (Lipinski definition) is 4. The van der Waals surface area contributed by atoms with Crippen LogP contribution in [-0.2, 0) is 9.53 Å². The molecule has 0 bridgehead atoms. The van der Waals surface area contributed by atoms with Crippen LogP contribution in [0.2, 0.25) is 0 Å². The summed E-state index contributed by atoms with van der Waals surface area (Å²) in [5.74, 6) is 0.210. The van der Waals surface area contributed by atoms with Crippen molar-refractivity contribution in [3.05, 3.63) is 0 Å². The van der Waals surface area contributed by atoms with Crippen LogP contribution in [0.4, 0.5) is 4.79 Å². The normalized spacial score (nSPS) is 20.2. The highest BCUT2D eigenvalue weighted by molar-refractivity contribution is 5.84. The lowest BCUT2D eigenvalue weighted by Crippen LogP contribution is -2.48. The van der Waals surface area contributed by atoms with Crippen molar-refractivity contribution in [2.45, 2.75) is 64.0 Å². The van der Waals surface area contributed by atoms with Gasteiger partial charge >= 0.3 is 6.09 Å². The van der Waals surface area contributed by atoms with Gasteiger partial charge in [-0.1, -0.05) is 19.3 Å². The molecule has 1 aliphatic carbocycles. The van der Waals surface area contributed by atoms with Gasteiger partial charge in [-0.05, 0) is 32.6 Å². The number of ether oxygens (including phenoxy) is 1. The van der Waals surface area contributed by atoms with Crippen LogP contribution in [0, 0.1) is 0 Å². The SMILES string of the molecule is CCOC(=O)N1CCC(NC(N)=NCC(=O)NC2CCCCC2)CC1. The van der Waals surface area contributed by atoms with Crippen molar-refractivity contribution in [2.75, 3.05) is 26.2 Å². The van der Waals surface area contributed by atoms with Crippen LogP contribution in [0.5, 0.6) is 0 Å². The number of piperidine rings is 1. The summed E-state index contributed by atoms with van der Waals surface area (Å²) < 4.78 is 5.00. The second-order valence-corrected chi connectivity index (χ2v) is 6.71. The van der Waals surface area contributed by atoms with E-state index in [9.17, 15) is 9.59 Å². The summed E-state index contributed by atoms with van der Waals surface area (Å²) in [7, 11) is 0. The summed E-state index contributed by atoms with van der Waals surface area (Å²) in [6.07, 6.45) is 7.04. The van der Waals surface area contributed by atoms with Crippen LogP contribution >= 0.6 is 0 Å². The van der Waals surface area contributed by atoms with Crippen molar-refractivity contribution in [3.63, 3.8) is 0 Å². The van der Waals surface area contributed by atoms with Gasteiger partial charge in [0.1, 0.15) is 6.54 Å². The lowest BCUT2D eigenvalue weighted by Gasteiger charge is -2.31. The zero-order valence-electron chi connectivity index (χ0n) is 15.1. The average molecular weight is 353 g/mol. The standard InChI is InChI=1S/C17H31N5O3/c1-2-25-17(24)22-10-8-14(9-11-22)21-16(18)19-12-15(23)20-13-6-4-3-5-7-13/h13-14H,2-12H2,1H3,(H,20,23)(H3,18,19,21). The van der Waals surface area contributed by atoms with Crippen LogP contribution in [-0.4, -0.2) is 61.2 Å². The molecule has 0 spiro atoms. The van der Waals surface area contributed by atoms with E-state index in [0.717, 1.165) is 25.7 Å². The Bertz CT molecular complexity index is 469. The number of nitrogens with one attached hydrogen (secondary N) is 2. The molecule has 1 aliphatic heterocycles. The lowest BCUT2D eigenvalue weighted by atomic mass is 9.95. The average Bonchev–Trinajstić information content (AvgIpc) is 2.62.